The molecule has 0 aromatic rings. The van der Waals surface area contributed by atoms with Crippen LogP contribution in [0.15, 0.2) is 60.1 Å². The van der Waals surface area contributed by atoms with Crippen LogP contribution in [0, 0.1) is 23.2 Å². The molecule has 0 spiro atoms. The Bertz CT molecular complexity index is 1120. The van der Waals surface area contributed by atoms with E-state index in [0.717, 1.165) is 5.57 Å². The maximum absolute atomic E-state index is 12.9. The zero-order valence-corrected chi connectivity index (χ0v) is 26.0. The van der Waals surface area contributed by atoms with Crippen LogP contribution in [-0.2, 0) is 23.8 Å². The summed E-state index contributed by atoms with van der Waals surface area (Å²) in [5.41, 5.74) is 0.415. The Labute approximate surface area is 250 Å². The Hall–Kier alpha value is -3.81. The van der Waals surface area contributed by atoms with Gasteiger partial charge in [-0.1, -0.05) is 69.6 Å². The van der Waals surface area contributed by atoms with Crippen molar-refractivity contribution in [3.63, 3.8) is 0 Å². The van der Waals surface area contributed by atoms with Gasteiger partial charge in [-0.2, -0.15) is 0 Å². The molecule has 232 valence electrons. The summed E-state index contributed by atoms with van der Waals surface area (Å²) in [7, 11) is 2.97. The van der Waals surface area contributed by atoms with E-state index in [1.54, 1.807) is 25.2 Å². The van der Waals surface area contributed by atoms with E-state index in [4.69, 9.17) is 14.2 Å². The van der Waals surface area contributed by atoms with E-state index in [9.17, 15) is 19.5 Å². The number of methoxy groups -OCH3 is 1. The zero-order valence-electron chi connectivity index (χ0n) is 26.0. The number of rotatable bonds is 13. The highest BCUT2D eigenvalue weighted by Crippen LogP contribution is 2.25. The maximum Gasteiger partial charge on any atom is 0.407 e. The Morgan fingerprint density at radius 2 is 1.93 bits per heavy atom. The minimum atomic E-state index is -1.06. The average Bonchev–Trinajstić information content (AvgIpc) is 2.93. The average molecular weight is 586 g/mol. The number of carbonyl (C=O) groups is 3. The Kier molecular flexibility index (Phi) is 16.0. The van der Waals surface area contributed by atoms with Crippen LogP contribution in [0.2, 0.25) is 0 Å². The molecule has 0 saturated carbocycles. The molecule has 3 amide bonds. The van der Waals surface area contributed by atoms with Crippen LogP contribution < -0.4 is 16.0 Å². The fourth-order valence-corrected chi connectivity index (χ4v) is 3.98. The van der Waals surface area contributed by atoms with Crippen molar-refractivity contribution in [3.8, 4) is 11.8 Å². The van der Waals surface area contributed by atoms with E-state index in [1.807, 2.05) is 52.8 Å². The summed E-state index contributed by atoms with van der Waals surface area (Å²) in [4.78, 5) is 37.0. The molecule has 0 saturated heterocycles. The van der Waals surface area contributed by atoms with Gasteiger partial charge in [0.15, 0.2) is 0 Å². The highest BCUT2D eigenvalue weighted by molar-refractivity contribution is 5.93. The van der Waals surface area contributed by atoms with E-state index >= 15 is 0 Å². The molecule has 4 N–H and O–H groups in total. The number of nitrogens with one attached hydrogen (secondary N) is 3. The highest BCUT2D eigenvalue weighted by Gasteiger charge is 2.32. The van der Waals surface area contributed by atoms with Gasteiger partial charge in [-0.3, -0.25) is 9.59 Å². The first kappa shape index (κ1) is 36.2. The number of ether oxygens (including phenoxy) is 3. The van der Waals surface area contributed by atoms with Gasteiger partial charge in [-0.25, -0.2) is 4.79 Å². The molecule has 0 aliphatic carbocycles. The highest BCUT2D eigenvalue weighted by atomic mass is 16.6. The van der Waals surface area contributed by atoms with Crippen molar-refractivity contribution in [3.05, 3.63) is 60.1 Å². The van der Waals surface area contributed by atoms with Crippen molar-refractivity contribution in [2.45, 2.75) is 85.3 Å². The topological polar surface area (TPSA) is 135 Å². The molecule has 1 heterocycles. The molecule has 1 aliphatic rings. The molecule has 0 fully saturated rings. The van der Waals surface area contributed by atoms with Crippen molar-refractivity contribution in [1.29, 1.82) is 0 Å². The van der Waals surface area contributed by atoms with E-state index in [0.29, 0.717) is 25.0 Å². The predicted octanol–water partition coefficient (Wildman–Crippen LogP) is 4.01. The molecule has 0 aromatic heterocycles. The number of hydrogen-bond acceptors (Lipinski definition) is 7. The SMILES string of the molecule is CC#CC[C@@H](C/C=C\NC(=O)[C@@H](NC(=O)\C=C/C=C\C(C)=C\[C@H](C)[C@@H]1CC=C(OC)[C@H](O)O1)C(C)(C)C)OC(=O)NC. The first-order valence-corrected chi connectivity index (χ1v) is 14.0. The Morgan fingerprint density at radius 1 is 1.24 bits per heavy atom. The fraction of sp³-hybridized carbons (Fsp3) is 0.531. The van der Waals surface area contributed by atoms with Crippen LogP contribution in [0.4, 0.5) is 4.79 Å². The summed E-state index contributed by atoms with van der Waals surface area (Å²) < 4.78 is 16.0. The third-order valence-corrected chi connectivity index (χ3v) is 6.31. The van der Waals surface area contributed by atoms with Gasteiger partial charge >= 0.3 is 6.09 Å². The van der Waals surface area contributed by atoms with Crippen LogP contribution in [0.5, 0.6) is 0 Å². The van der Waals surface area contributed by atoms with Gasteiger partial charge in [0.1, 0.15) is 17.9 Å². The standard InChI is InChI=1S/C32H47N3O7/c1-9-10-15-24(41-31(39)33-7)16-13-20-34-29(37)28(32(4,5)6)35-27(36)17-12-11-14-22(2)21-23(3)25-18-19-26(40-8)30(38)42-25/h11-14,17,19-21,23-25,28,30,38H,15-16,18H2,1-8H3,(H,33,39)(H,34,37)(H,35,36)/b14-11-,17-12-,20-13-,22-21+/t23-,24-,25-,28+,30+/m0/s1. The molecular weight excluding hydrogens is 538 g/mol. The van der Waals surface area contributed by atoms with E-state index in [2.05, 4.69) is 27.8 Å². The Morgan fingerprint density at radius 3 is 2.52 bits per heavy atom. The van der Waals surface area contributed by atoms with Crippen LogP contribution in [-0.4, -0.2) is 61.7 Å². The lowest BCUT2D eigenvalue weighted by Crippen LogP contribution is -2.52. The van der Waals surface area contributed by atoms with Gasteiger partial charge in [0.2, 0.25) is 18.1 Å². The summed E-state index contributed by atoms with van der Waals surface area (Å²) in [5, 5.41) is 17.9. The van der Waals surface area contributed by atoms with Crippen molar-refractivity contribution >= 4 is 17.9 Å². The number of alkyl carbamates (subject to hydrolysis) is 1. The lowest BCUT2D eigenvalue weighted by molar-refractivity contribution is -0.150. The van der Waals surface area contributed by atoms with Crippen molar-refractivity contribution in [2.24, 2.45) is 11.3 Å². The van der Waals surface area contributed by atoms with E-state index < -0.39 is 35.9 Å². The second kappa shape index (κ2) is 18.6. The van der Waals surface area contributed by atoms with Gasteiger partial charge in [0.05, 0.1) is 13.2 Å². The second-order valence-electron chi connectivity index (χ2n) is 10.9. The predicted molar refractivity (Wildman–Crippen MR) is 162 cm³/mol. The largest absolute Gasteiger partial charge is 0.496 e. The van der Waals surface area contributed by atoms with Crippen LogP contribution in [0.25, 0.3) is 0 Å². The lowest BCUT2D eigenvalue weighted by Gasteiger charge is -2.29. The number of allylic oxidation sites excluding steroid dienone is 4. The number of carbonyl (C=O) groups excluding carboxylic acids is 3. The van der Waals surface area contributed by atoms with Crippen molar-refractivity contribution < 1.29 is 33.7 Å². The minimum absolute atomic E-state index is 0.0469. The molecule has 10 heteroatoms. The molecule has 1 aliphatic heterocycles. The van der Waals surface area contributed by atoms with Gasteiger partial charge in [0.25, 0.3) is 0 Å². The molecule has 0 bridgehead atoms. The molecule has 0 radical (unpaired) electrons. The summed E-state index contributed by atoms with van der Waals surface area (Å²) in [6, 6.07) is -0.798. The summed E-state index contributed by atoms with van der Waals surface area (Å²) in [5.74, 6) is 5.34. The van der Waals surface area contributed by atoms with Crippen LogP contribution in [0.1, 0.15) is 60.8 Å². The third kappa shape index (κ3) is 13.7. The van der Waals surface area contributed by atoms with Gasteiger partial charge < -0.3 is 35.3 Å². The van der Waals surface area contributed by atoms with Crippen LogP contribution >= 0.6 is 0 Å². The maximum atomic E-state index is 12.9. The van der Waals surface area contributed by atoms with E-state index in [1.165, 1.54) is 26.4 Å². The number of aliphatic hydroxyl groups is 1. The molecule has 10 nitrogen and oxygen atoms in total. The number of aliphatic hydroxyl groups excluding tert-OH is 1. The lowest BCUT2D eigenvalue weighted by atomic mass is 9.86. The Balaban J connectivity index is 2.69. The van der Waals surface area contributed by atoms with Crippen molar-refractivity contribution in [2.75, 3.05) is 14.2 Å². The first-order chi connectivity index (χ1) is 19.8. The number of hydrogen-bond donors (Lipinski definition) is 4. The fourth-order valence-electron chi connectivity index (χ4n) is 3.98. The van der Waals surface area contributed by atoms with Crippen molar-refractivity contribution in [1.82, 2.24) is 16.0 Å². The first-order valence-electron chi connectivity index (χ1n) is 14.0. The summed E-state index contributed by atoms with van der Waals surface area (Å²) in [6.07, 6.45) is 12.7. The minimum Gasteiger partial charge on any atom is -0.496 e. The summed E-state index contributed by atoms with van der Waals surface area (Å²) in [6.45, 7) is 11.2. The normalized spacial score (nSPS) is 19.8. The quantitative estimate of drug-likeness (QED) is 0.146. The third-order valence-electron chi connectivity index (χ3n) is 6.31. The van der Waals surface area contributed by atoms with Gasteiger partial charge in [0, 0.05) is 31.9 Å². The smallest absolute Gasteiger partial charge is 0.407 e. The van der Waals surface area contributed by atoms with Gasteiger partial charge in [-0.15, -0.1) is 5.92 Å². The molecule has 42 heavy (non-hydrogen) atoms. The second-order valence-corrected chi connectivity index (χ2v) is 10.9. The molecule has 1 rings (SSSR count). The zero-order chi connectivity index (χ0) is 31.7. The summed E-state index contributed by atoms with van der Waals surface area (Å²) >= 11 is 0. The molecule has 0 unspecified atom stereocenters. The van der Waals surface area contributed by atoms with Gasteiger partial charge in [-0.05, 0) is 38.0 Å². The molecular formula is C32H47N3O7. The molecule has 5 atom stereocenters. The van der Waals surface area contributed by atoms with Crippen LogP contribution in [0.3, 0.4) is 0 Å². The monoisotopic (exact) mass is 585 g/mol. The number of amides is 3. The molecule has 0 aromatic carbocycles. The van der Waals surface area contributed by atoms with E-state index in [-0.39, 0.29) is 17.9 Å².